The van der Waals surface area contributed by atoms with Crippen LogP contribution < -0.4 is 0 Å². The van der Waals surface area contributed by atoms with Gasteiger partial charge in [0.15, 0.2) is 3.23 Å². The fourth-order valence-corrected chi connectivity index (χ4v) is 6.81. The molecule has 12 heteroatoms. The molecule has 3 rings (SSSR count). The van der Waals surface area contributed by atoms with Crippen molar-refractivity contribution in [2.45, 2.75) is 31.5 Å². The van der Waals surface area contributed by atoms with Crippen molar-refractivity contribution in [1.29, 1.82) is 0 Å². The van der Waals surface area contributed by atoms with Crippen molar-refractivity contribution in [3.05, 3.63) is 0 Å². The first-order valence-electron chi connectivity index (χ1n) is 6.54. The molecule has 0 unspecified atom stereocenters. The molecule has 126 valence electrons. The molecule has 0 saturated carbocycles. The smallest absolute Gasteiger partial charge is 0.330 e. The molecule has 0 bridgehead atoms. The zero-order chi connectivity index (χ0) is 17.0. The maximum absolute atomic E-state index is 12.3. The van der Waals surface area contributed by atoms with Crippen LogP contribution in [0.25, 0.3) is 0 Å². The van der Waals surface area contributed by atoms with Crippen molar-refractivity contribution in [3.8, 4) is 0 Å². The fourth-order valence-electron chi connectivity index (χ4n) is 2.63. The Morgan fingerprint density at radius 2 is 2.22 bits per heavy atom. The molecule has 2 fully saturated rings. The maximum Gasteiger partial charge on any atom is 0.330 e. The summed E-state index contributed by atoms with van der Waals surface area (Å²) in [6.07, 6.45) is 0. The Bertz CT molecular complexity index is 672. The summed E-state index contributed by atoms with van der Waals surface area (Å²) >= 11 is 9.80. The monoisotopic (exact) mass is 485 g/mol. The minimum absolute atomic E-state index is 0.167. The van der Waals surface area contributed by atoms with Gasteiger partial charge in [0.05, 0.1) is 11.9 Å². The van der Waals surface area contributed by atoms with Gasteiger partial charge in [-0.2, -0.15) is 0 Å². The molecule has 3 atom stereocenters. The SMILES string of the molecule is COC(=O)[C@@H]1N2C(=O)C(Br)(Br)[C@H]2S[C@@]1(C)CSc1nnnn1C. The van der Waals surface area contributed by atoms with E-state index in [-0.39, 0.29) is 11.3 Å². The number of methoxy groups -OCH3 is 1. The highest BCUT2D eigenvalue weighted by Gasteiger charge is 2.71. The second kappa shape index (κ2) is 5.88. The Hall–Kier alpha value is -0.330. The van der Waals surface area contributed by atoms with Crippen molar-refractivity contribution in [2.24, 2.45) is 7.05 Å². The number of thioether (sulfide) groups is 2. The van der Waals surface area contributed by atoms with Crippen molar-refractivity contribution in [2.75, 3.05) is 12.9 Å². The highest BCUT2D eigenvalue weighted by atomic mass is 79.9. The van der Waals surface area contributed by atoms with E-state index >= 15 is 0 Å². The largest absolute Gasteiger partial charge is 0.467 e. The van der Waals surface area contributed by atoms with Crippen molar-refractivity contribution >= 4 is 67.3 Å². The number of carbonyl (C=O) groups excluding carboxylic acids is 2. The number of tetrazole rings is 1. The number of β-lactam (4-membered cyclic amide) rings is 1. The number of esters is 1. The Morgan fingerprint density at radius 3 is 2.78 bits per heavy atom. The first-order valence-corrected chi connectivity index (χ1v) is 9.99. The van der Waals surface area contributed by atoms with Gasteiger partial charge in [0.2, 0.25) is 5.16 Å². The van der Waals surface area contributed by atoms with Crippen LogP contribution in [0.3, 0.4) is 0 Å². The summed E-state index contributed by atoms with van der Waals surface area (Å²) in [6.45, 7) is 1.96. The predicted molar refractivity (Wildman–Crippen MR) is 92.5 cm³/mol. The van der Waals surface area contributed by atoms with Gasteiger partial charge in [-0.1, -0.05) is 43.6 Å². The first-order chi connectivity index (χ1) is 10.7. The van der Waals surface area contributed by atoms with Gasteiger partial charge in [-0.15, -0.1) is 16.9 Å². The van der Waals surface area contributed by atoms with Gasteiger partial charge in [-0.05, 0) is 17.4 Å². The third-order valence-electron chi connectivity index (χ3n) is 3.81. The Kier molecular flexibility index (Phi) is 4.47. The van der Waals surface area contributed by atoms with E-state index in [1.165, 1.54) is 18.9 Å². The van der Waals surface area contributed by atoms with E-state index in [9.17, 15) is 9.59 Å². The quantitative estimate of drug-likeness (QED) is 0.269. The molecule has 1 amide bonds. The summed E-state index contributed by atoms with van der Waals surface area (Å²) < 4.78 is 5.15. The number of aryl methyl sites for hydroxylation is 1. The number of carbonyl (C=O) groups is 2. The summed E-state index contributed by atoms with van der Waals surface area (Å²) in [4.78, 5) is 26.2. The average molecular weight is 487 g/mol. The lowest BCUT2D eigenvalue weighted by Gasteiger charge is -2.46. The summed E-state index contributed by atoms with van der Waals surface area (Å²) in [7, 11) is 3.09. The molecule has 0 radical (unpaired) electrons. The van der Waals surface area contributed by atoms with Crippen LogP contribution in [0, 0.1) is 0 Å². The molecule has 0 N–H and O–H groups in total. The number of halogens is 2. The molecule has 0 aromatic carbocycles. The normalized spacial score (nSPS) is 31.7. The lowest BCUT2D eigenvalue weighted by molar-refractivity contribution is -0.159. The van der Waals surface area contributed by atoms with E-state index < -0.39 is 20.0 Å². The van der Waals surface area contributed by atoms with E-state index in [4.69, 9.17) is 4.74 Å². The standard InChI is InChI=1S/C11H13Br2N5O3S2/c1-10(4-22-9-14-15-16-17(9)2)5(6(19)21-3)18-7(20)11(12,13)8(18)23-10/h5,8H,4H2,1-3H3/t5-,8+,10-/m0/s1. The first kappa shape index (κ1) is 17.5. The van der Waals surface area contributed by atoms with Gasteiger partial charge < -0.3 is 9.64 Å². The van der Waals surface area contributed by atoms with Crippen LogP contribution in [0.1, 0.15) is 6.92 Å². The molecular weight excluding hydrogens is 474 g/mol. The highest BCUT2D eigenvalue weighted by Crippen LogP contribution is 2.61. The van der Waals surface area contributed by atoms with Crippen LogP contribution in [-0.4, -0.2) is 69.2 Å². The van der Waals surface area contributed by atoms with Crippen LogP contribution in [-0.2, 0) is 21.4 Å². The lowest BCUT2D eigenvalue weighted by atomic mass is 9.98. The predicted octanol–water partition coefficient (Wildman–Crippen LogP) is 1.00. The van der Waals surface area contributed by atoms with Gasteiger partial charge in [0.25, 0.3) is 5.91 Å². The molecule has 0 aliphatic carbocycles. The third kappa shape index (κ3) is 2.61. The van der Waals surface area contributed by atoms with E-state index in [0.717, 1.165) is 0 Å². The second-order valence-corrected chi connectivity index (χ2v) is 11.5. The average Bonchev–Trinajstić information content (AvgIpc) is 3.05. The molecular formula is C11H13Br2N5O3S2. The van der Waals surface area contributed by atoms with Crippen LogP contribution in [0.4, 0.5) is 0 Å². The van der Waals surface area contributed by atoms with Crippen LogP contribution in [0.5, 0.6) is 0 Å². The van der Waals surface area contributed by atoms with E-state index in [1.807, 2.05) is 6.92 Å². The van der Waals surface area contributed by atoms with Crippen molar-refractivity contribution in [1.82, 2.24) is 25.1 Å². The molecule has 3 heterocycles. The summed E-state index contributed by atoms with van der Waals surface area (Å²) in [5, 5.41) is 11.8. The van der Waals surface area contributed by atoms with Gasteiger partial charge in [0.1, 0.15) is 11.4 Å². The van der Waals surface area contributed by atoms with Gasteiger partial charge >= 0.3 is 5.97 Å². The summed E-state index contributed by atoms with van der Waals surface area (Å²) in [6, 6.07) is -0.646. The van der Waals surface area contributed by atoms with Gasteiger partial charge in [0, 0.05) is 12.8 Å². The molecule has 2 aliphatic rings. The number of ether oxygens (including phenoxy) is 1. The molecule has 1 aromatic rings. The number of aromatic nitrogens is 4. The van der Waals surface area contributed by atoms with E-state index in [1.54, 1.807) is 28.4 Å². The molecule has 2 aliphatic heterocycles. The van der Waals surface area contributed by atoms with Crippen LogP contribution >= 0.6 is 55.4 Å². The summed E-state index contributed by atoms with van der Waals surface area (Å²) in [5.41, 5.74) is 0. The number of hydrogen-bond donors (Lipinski definition) is 0. The molecule has 8 nitrogen and oxygen atoms in total. The zero-order valence-electron chi connectivity index (χ0n) is 12.4. The second-order valence-electron chi connectivity index (χ2n) is 5.42. The highest BCUT2D eigenvalue weighted by molar-refractivity contribution is 9.26. The number of amides is 1. The van der Waals surface area contributed by atoms with Crippen molar-refractivity contribution in [3.63, 3.8) is 0 Å². The Balaban J connectivity index is 1.85. The number of rotatable bonds is 4. The number of fused-ring (bicyclic) bond motifs is 1. The Morgan fingerprint density at radius 1 is 1.52 bits per heavy atom. The van der Waals surface area contributed by atoms with Crippen LogP contribution in [0.15, 0.2) is 5.16 Å². The molecule has 2 saturated heterocycles. The third-order valence-corrected chi connectivity index (χ3v) is 9.21. The topological polar surface area (TPSA) is 90.2 Å². The minimum Gasteiger partial charge on any atom is -0.467 e. The number of nitrogens with zero attached hydrogens (tertiary/aromatic N) is 5. The number of alkyl halides is 2. The summed E-state index contributed by atoms with van der Waals surface area (Å²) in [5.74, 6) is -0.0235. The molecule has 23 heavy (non-hydrogen) atoms. The maximum atomic E-state index is 12.3. The van der Waals surface area contributed by atoms with Gasteiger partial charge in [-0.25, -0.2) is 9.48 Å². The van der Waals surface area contributed by atoms with Gasteiger partial charge in [-0.3, -0.25) is 4.79 Å². The van der Waals surface area contributed by atoms with Crippen LogP contribution in [0.2, 0.25) is 0 Å². The minimum atomic E-state index is -0.828. The zero-order valence-corrected chi connectivity index (χ0v) is 17.2. The van der Waals surface area contributed by atoms with Crippen molar-refractivity contribution < 1.29 is 14.3 Å². The molecule has 1 aromatic heterocycles. The number of hydrogen-bond acceptors (Lipinski definition) is 8. The lowest BCUT2D eigenvalue weighted by Crippen LogP contribution is -2.68. The van der Waals surface area contributed by atoms with E-state index in [2.05, 4.69) is 47.4 Å². The fraction of sp³-hybridized carbons (Fsp3) is 0.727. The molecule has 0 spiro atoms. The van der Waals surface area contributed by atoms with E-state index in [0.29, 0.717) is 10.9 Å². The Labute approximate surface area is 157 Å².